The summed E-state index contributed by atoms with van der Waals surface area (Å²) in [5.41, 5.74) is 1.56. The third-order valence-electron chi connectivity index (χ3n) is 5.07. The molecule has 3 amide bonds. The van der Waals surface area contributed by atoms with Gasteiger partial charge in [0.15, 0.2) is 0 Å². The summed E-state index contributed by atoms with van der Waals surface area (Å²) in [7, 11) is 1.93. The molecule has 27 heavy (non-hydrogen) atoms. The molecule has 1 atom stereocenters. The van der Waals surface area contributed by atoms with Gasteiger partial charge in [-0.3, -0.25) is 19.3 Å². The van der Waals surface area contributed by atoms with Crippen LogP contribution in [0.4, 0.5) is 11.4 Å². The van der Waals surface area contributed by atoms with Crippen molar-refractivity contribution >= 4 is 40.7 Å². The first-order valence-electron chi connectivity index (χ1n) is 8.76. The van der Waals surface area contributed by atoms with E-state index in [9.17, 15) is 14.4 Å². The predicted molar refractivity (Wildman–Crippen MR) is 103 cm³/mol. The van der Waals surface area contributed by atoms with E-state index in [1.54, 1.807) is 42.5 Å². The van der Waals surface area contributed by atoms with Crippen LogP contribution in [0.1, 0.15) is 33.6 Å². The number of hydrogen-bond acceptors (Lipinski definition) is 4. The molecule has 4 rings (SSSR count). The average Bonchev–Trinajstić information content (AvgIpc) is 3.18. The quantitative estimate of drug-likeness (QED) is 0.826. The molecule has 1 N–H and O–H groups in total. The maximum Gasteiger partial charge on any atom is 0.266 e. The van der Waals surface area contributed by atoms with Gasteiger partial charge in [-0.2, -0.15) is 0 Å². The fourth-order valence-corrected chi connectivity index (χ4v) is 3.91. The number of hydrogen-bond donors (Lipinski definition) is 1. The second-order valence-electron chi connectivity index (χ2n) is 6.79. The Morgan fingerprint density at radius 1 is 1.11 bits per heavy atom. The molecular formula is C20H18ClN3O3. The van der Waals surface area contributed by atoms with E-state index in [0.717, 1.165) is 24.3 Å². The fraction of sp³-hybridized carbons (Fsp3) is 0.250. The van der Waals surface area contributed by atoms with Crippen molar-refractivity contribution in [2.45, 2.75) is 18.9 Å². The van der Waals surface area contributed by atoms with Crippen LogP contribution in [0.2, 0.25) is 5.02 Å². The molecule has 0 saturated carbocycles. The molecule has 0 bridgehead atoms. The van der Waals surface area contributed by atoms with Crippen molar-refractivity contribution in [1.29, 1.82) is 0 Å². The number of fused-ring (bicyclic) bond motifs is 1. The van der Waals surface area contributed by atoms with Crippen molar-refractivity contribution in [2.24, 2.45) is 0 Å². The molecule has 0 spiro atoms. The maximum absolute atomic E-state index is 12.6. The van der Waals surface area contributed by atoms with Crippen molar-refractivity contribution in [3.8, 4) is 0 Å². The Kier molecular flexibility index (Phi) is 4.45. The van der Waals surface area contributed by atoms with E-state index in [1.165, 1.54) is 0 Å². The van der Waals surface area contributed by atoms with Crippen molar-refractivity contribution in [3.05, 3.63) is 58.6 Å². The van der Waals surface area contributed by atoms with Gasteiger partial charge in [0.1, 0.15) is 0 Å². The number of nitrogens with zero attached hydrogens (tertiary/aromatic N) is 2. The van der Waals surface area contributed by atoms with Gasteiger partial charge in [-0.15, -0.1) is 0 Å². The highest BCUT2D eigenvalue weighted by Crippen LogP contribution is 2.35. The number of carbonyl (C=O) groups is 3. The van der Waals surface area contributed by atoms with Crippen LogP contribution >= 0.6 is 11.6 Å². The molecular weight excluding hydrogens is 366 g/mol. The fourth-order valence-electron chi connectivity index (χ4n) is 3.64. The molecule has 0 unspecified atom stereocenters. The third kappa shape index (κ3) is 3.01. The van der Waals surface area contributed by atoms with Crippen LogP contribution in [0, 0.1) is 0 Å². The highest BCUT2D eigenvalue weighted by Gasteiger charge is 2.37. The van der Waals surface area contributed by atoms with Crippen LogP contribution < -0.4 is 10.2 Å². The largest absolute Gasteiger partial charge is 0.325 e. The molecule has 2 aliphatic heterocycles. The van der Waals surface area contributed by atoms with E-state index < -0.39 is 11.8 Å². The van der Waals surface area contributed by atoms with Crippen LogP contribution in [0.25, 0.3) is 0 Å². The van der Waals surface area contributed by atoms with Crippen LogP contribution in [-0.2, 0) is 4.79 Å². The van der Waals surface area contributed by atoms with Crippen LogP contribution in [0.5, 0.6) is 0 Å². The van der Waals surface area contributed by atoms with Crippen LogP contribution in [0.3, 0.4) is 0 Å². The summed E-state index contributed by atoms with van der Waals surface area (Å²) in [6, 6.07) is 11.3. The number of nitrogens with one attached hydrogen (secondary N) is 1. The zero-order chi connectivity index (χ0) is 19.1. The molecule has 7 heteroatoms. The smallest absolute Gasteiger partial charge is 0.266 e. The lowest BCUT2D eigenvalue weighted by Gasteiger charge is -2.20. The second-order valence-corrected chi connectivity index (χ2v) is 7.19. The summed E-state index contributed by atoms with van der Waals surface area (Å²) >= 11 is 6.35. The lowest BCUT2D eigenvalue weighted by molar-refractivity contribution is -0.119. The predicted octanol–water partition coefficient (Wildman–Crippen LogP) is 3.17. The Labute approximate surface area is 161 Å². The second kappa shape index (κ2) is 6.79. The summed E-state index contributed by atoms with van der Waals surface area (Å²) in [4.78, 5) is 40.7. The van der Waals surface area contributed by atoms with Gasteiger partial charge in [0.25, 0.3) is 11.8 Å². The first-order chi connectivity index (χ1) is 13.0. The molecule has 138 valence electrons. The first-order valence-corrected chi connectivity index (χ1v) is 9.13. The van der Waals surface area contributed by atoms with Gasteiger partial charge < -0.3 is 5.32 Å². The molecule has 1 saturated heterocycles. The van der Waals surface area contributed by atoms with Crippen LogP contribution in [-0.4, -0.2) is 42.3 Å². The lowest BCUT2D eigenvalue weighted by atomic mass is 10.1. The number of amides is 3. The molecule has 0 aliphatic carbocycles. The van der Waals surface area contributed by atoms with Crippen molar-refractivity contribution in [1.82, 2.24) is 4.90 Å². The van der Waals surface area contributed by atoms with Gasteiger partial charge in [0.2, 0.25) is 5.91 Å². The zero-order valence-corrected chi connectivity index (χ0v) is 15.5. The van der Waals surface area contributed by atoms with E-state index in [0.29, 0.717) is 22.5 Å². The zero-order valence-electron chi connectivity index (χ0n) is 14.7. The Morgan fingerprint density at radius 3 is 2.33 bits per heavy atom. The summed E-state index contributed by atoms with van der Waals surface area (Å²) < 4.78 is 0. The maximum atomic E-state index is 12.6. The number of likely N-dealkylation sites (tertiary alicyclic amines) is 1. The summed E-state index contributed by atoms with van der Waals surface area (Å²) in [5.74, 6) is -0.886. The topological polar surface area (TPSA) is 69.7 Å². The van der Waals surface area contributed by atoms with Gasteiger partial charge >= 0.3 is 0 Å². The van der Waals surface area contributed by atoms with E-state index in [4.69, 9.17) is 11.6 Å². The summed E-state index contributed by atoms with van der Waals surface area (Å²) in [6.45, 7) is 0.900. The Hall–Kier alpha value is -2.70. The number of imide groups is 1. The van der Waals surface area contributed by atoms with Gasteiger partial charge in [0.05, 0.1) is 27.9 Å². The van der Waals surface area contributed by atoms with E-state index >= 15 is 0 Å². The molecule has 1 fully saturated rings. The number of anilines is 2. The normalized spacial score (nSPS) is 19.5. The van der Waals surface area contributed by atoms with E-state index in [-0.39, 0.29) is 17.0 Å². The third-order valence-corrected chi connectivity index (χ3v) is 5.38. The highest BCUT2D eigenvalue weighted by atomic mass is 35.5. The molecule has 2 aliphatic rings. The lowest BCUT2D eigenvalue weighted by Crippen LogP contribution is -2.37. The van der Waals surface area contributed by atoms with Crippen molar-refractivity contribution in [3.63, 3.8) is 0 Å². The van der Waals surface area contributed by atoms with E-state index in [2.05, 4.69) is 5.32 Å². The molecule has 0 radical (unpaired) electrons. The number of benzene rings is 2. The minimum Gasteiger partial charge on any atom is -0.325 e. The number of halogens is 1. The van der Waals surface area contributed by atoms with Gasteiger partial charge in [-0.05, 0) is 56.8 Å². The molecule has 0 aromatic heterocycles. The number of carbonyl (C=O) groups excluding carboxylic acids is 3. The Bertz CT molecular complexity index is 924. The van der Waals surface area contributed by atoms with Gasteiger partial charge in [0, 0.05) is 5.69 Å². The molecule has 2 heterocycles. The number of rotatable bonds is 3. The minimum atomic E-state index is -0.401. The summed E-state index contributed by atoms with van der Waals surface area (Å²) in [6.07, 6.45) is 1.82. The first kappa shape index (κ1) is 17.7. The SMILES string of the molecule is CN1CCC[C@@H]1C(=O)Nc1ccc(N2C(=O)c3ccccc3C2=O)c(Cl)c1. The van der Waals surface area contributed by atoms with Crippen molar-refractivity contribution in [2.75, 3.05) is 23.8 Å². The monoisotopic (exact) mass is 383 g/mol. The molecule has 2 aromatic rings. The highest BCUT2D eigenvalue weighted by molar-refractivity contribution is 6.40. The Balaban J connectivity index is 1.57. The minimum absolute atomic E-state index is 0.0838. The average molecular weight is 384 g/mol. The van der Waals surface area contributed by atoms with Gasteiger partial charge in [-0.25, -0.2) is 4.90 Å². The summed E-state index contributed by atoms with van der Waals surface area (Å²) in [5, 5.41) is 3.08. The molecule has 2 aromatic carbocycles. The van der Waals surface area contributed by atoms with E-state index in [1.807, 2.05) is 11.9 Å². The Morgan fingerprint density at radius 2 is 1.78 bits per heavy atom. The number of likely N-dealkylation sites (N-methyl/N-ethyl adjacent to an activating group) is 1. The molecule has 6 nitrogen and oxygen atoms in total. The van der Waals surface area contributed by atoms with Crippen LogP contribution in [0.15, 0.2) is 42.5 Å². The van der Waals surface area contributed by atoms with Crippen molar-refractivity contribution < 1.29 is 14.4 Å². The standard InChI is InChI=1S/C20H18ClN3O3/c1-23-10-4-7-17(23)18(25)22-12-8-9-16(15(21)11-12)24-19(26)13-5-2-3-6-14(13)20(24)27/h2-3,5-6,8-9,11,17H,4,7,10H2,1H3,(H,22,25)/t17-/m1/s1. The van der Waals surface area contributed by atoms with Gasteiger partial charge in [-0.1, -0.05) is 23.7 Å².